The van der Waals surface area contributed by atoms with Gasteiger partial charge >= 0.3 is 6.03 Å². The standard InChI is InChI=1S/C23H32N4O4/c1-7-20-16(2)15-24-22(31-6)21(20)25(3)23(28)27-10-8-26(9-11-27)17-12-18(29-4)14-19(13-17)30-5/h12-15H,7-11H2,1-6H3. The molecular weight excluding hydrogens is 396 g/mol. The van der Waals surface area contributed by atoms with Crippen LogP contribution in [0.4, 0.5) is 16.2 Å². The molecule has 1 fully saturated rings. The molecule has 2 aromatic rings. The third-order valence-electron chi connectivity index (χ3n) is 5.76. The summed E-state index contributed by atoms with van der Waals surface area (Å²) in [5.41, 5.74) is 3.89. The van der Waals surface area contributed by atoms with E-state index in [1.807, 2.05) is 30.0 Å². The first-order valence-corrected chi connectivity index (χ1v) is 10.5. The summed E-state index contributed by atoms with van der Waals surface area (Å²) < 4.78 is 16.2. The lowest BCUT2D eigenvalue weighted by molar-refractivity contribution is 0.202. The number of methoxy groups -OCH3 is 3. The van der Waals surface area contributed by atoms with Crippen LogP contribution in [0.1, 0.15) is 18.1 Å². The van der Waals surface area contributed by atoms with Gasteiger partial charge in [0.2, 0.25) is 5.88 Å². The average Bonchev–Trinajstić information content (AvgIpc) is 2.82. The van der Waals surface area contributed by atoms with Gasteiger partial charge in [-0.15, -0.1) is 0 Å². The molecule has 31 heavy (non-hydrogen) atoms. The molecule has 1 saturated heterocycles. The van der Waals surface area contributed by atoms with Gasteiger partial charge in [0, 0.05) is 63.3 Å². The topological polar surface area (TPSA) is 67.4 Å². The van der Waals surface area contributed by atoms with Gasteiger partial charge in [-0.1, -0.05) is 6.92 Å². The average molecular weight is 429 g/mol. The number of amides is 2. The van der Waals surface area contributed by atoms with Crippen LogP contribution in [0.3, 0.4) is 0 Å². The van der Waals surface area contributed by atoms with Gasteiger partial charge in [-0.05, 0) is 24.5 Å². The molecule has 0 unspecified atom stereocenters. The maximum absolute atomic E-state index is 13.3. The molecular formula is C23H32N4O4. The number of carbonyl (C=O) groups is 1. The molecule has 0 bridgehead atoms. The zero-order valence-electron chi connectivity index (χ0n) is 19.3. The largest absolute Gasteiger partial charge is 0.497 e. The van der Waals surface area contributed by atoms with Crippen molar-refractivity contribution in [2.45, 2.75) is 20.3 Å². The van der Waals surface area contributed by atoms with E-state index in [2.05, 4.69) is 16.8 Å². The predicted molar refractivity (Wildman–Crippen MR) is 122 cm³/mol. The van der Waals surface area contributed by atoms with Gasteiger partial charge in [-0.25, -0.2) is 9.78 Å². The lowest BCUT2D eigenvalue weighted by atomic mass is 10.1. The summed E-state index contributed by atoms with van der Waals surface area (Å²) in [6.45, 7) is 6.76. The van der Waals surface area contributed by atoms with E-state index >= 15 is 0 Å². The molecule has 8 heteroatoms. The Kier molecular flexibility index (Phi) is 7.09. The summed E-state index contributed by atoms with van der Waals surface area (Å²) in [7, 11) is 6.66. The Balaban J connectivity index is 1.75. The number of benzene rings is 1. The van der Waals surface area contributed by atoms with Gasteiger partial charge in [0.25, 0.3) is 0 Å². The third kappa shape index (κ3) is 4.62. The molecule has 0 spiro atoms. The van der Waals surface area contributed by atoms with Crippen molar-refractivity contribution in [3.8, 4) is 17.4 Å². The number of pyridine rings is 1. The van der Waals surface area contributed by atoms with Crippen LogP contribution in [0.2, 0.25) is 0 Å². The zero-order valence-corrected chi connectivity index (χ0v) is 19.3. The summed E-state index contributed by atoms with van der Waals surface area (Å²) in [5.74, 6) is 1.97. The molecule has 2 heterocycles. The van der Waals surface area contributed by atoms with E-state index in [0.717, 1.165) is 53.5 Å². The second-order valence-corrected chi connectivity index (χ2v) is 7.52. The molecule has 0 atom stereocenters. The summed E-state index contributed by atoms with van der Waals surface area (Å²) in [5, 5.41) is 0. The van der Waals surface area contributed by atoms with Crippen molar-refractivity contribution >= 4 is 17.4 Å². The Morgan fingerprint density at radius 2 is 1.65 bits per heavy atom. The summed E-state index contributed by atoms with van der Waals surface area (Å²) in [6, 6.07) is 5.78. The molecule has 1 aliphatic heterocycles. The van der Waals surface area contributed by atoms with Crippen molar-refractivity contribution in [3.05, 3.63) is 35.5 Å². The Labute approximate surface area is 184 Å². The smallest absolute Gasteiger partial charge is 0.324 e. The van der Waals surface area contributed by atoms with Crippen LogP contribution in [0.25, 0.3) is 0 Å². The third-order valence-corrected chi connectivity index (χ3v) is 5.76. The van der Waals surface area contributed by atoms with Crippen molar-refractivity contribution < 1.29 is 19.0 Å². The van der Waals surface area contributed by atoms with E-state index in [1.165, 1.54) is 0 Å². The summed E-state index contributed by atoms with van der Waals surface area (Å²) in [6.07, 6.45) is 2.59. The molecule has 0 aliphatic carbocycles. The number of rotatable bonds is 6. The van der Waals surface area contributed by atoms with Gasteiger partial charge in [-0.3, -0.25) is 4.90 Å². The highest BCUT2D eigenvalue weighted by molar-refractivity contribution is 5.94. The first-order chi connectivity index (χ1) is 14.9. The number of anilines is 2. The molecule has 0 N–H and O–H groups in total. The quantitative estimate of drug-likeness (QED) is 0.703. The lowest BCUT2D eigenvalue weighted by Gasteiger charge is -2.38. The van der Waals surface area contributed by atoms with E-state index in [0.29, 0.717) is 19.0 Å². The minimum atomic E-state index is -0.0525. The lowest BCUT2D eigenvalue weighted by Crippen LogP contribution is -2.52. The first kappa shape index (κ1) is 22.5. The highest BCUT2D eigenvalue weighted by Gasteiger charge is 2.28. The molecule has 0 radical (unpaired) electrons. The number of hydrogen-bond acceptors (Lipinski definition) is 6. The molecule has 0 saturated carbocycles. The minimum Gasteiger partial charge on any atom is -0.497 e. The maximum Gasteiger partial charge on any atom is 0.324 e. The first-order valence-electron chi connectivity index (χ1n) is 10.5. The normalized spacial score (nSPS) is 13.7. The van der Waals surface area contributed by atoms with Crippen LogP contribution in [0.15, 0.2) is 24.4 Å². The fourth-order valence-electron chi connectivity index (χ4n) is 3.99. The van der Waals surface area contributed by atoms with E-state index in [4.69, 9.17) is 14.2 Å². The van der Waals surface area contributed by atoms with Gasteiger partial charge in [0.15, 0.2) is 0 Å². The monoisotopic (exact) mass is 428 g/mol. The van der Waals surface area contributed by atoms with E-state index in [9.17, 15) is 4.79 Å². The van der Waals surface area contributed by atoms with Crippen LogP contribution in [-0.4, -0.2) is 70.5 Å². The number of carbonyl (C=O) groups excluding carboxylic acids is 1. The minimum absolute atomic E-state index is 0.0525. The van der Waals surface area contributed by atoms with Crippen molar-refractivity contribution in [3.63, 3.8) is 0 Å². The van der Waals surface area contributed by atoms with Crippen molar-refractivity contribution in [2.24, 2.45) is 0 Å². The van der Waals surface area contributed by atoms with E-state index < -0.39 is 0 Å². The van der Waals surface area contributed by atoms with Crippen molar-refractivity contribution in [1.82, 2.24) is 9.88 Å². The summed E-state index contributed by atoms with van der Waals surface area (Å²) >= 11 is 0. The van der Waals surface area contributed by atoms with Crippen LogP contribution >= 0.6 is 0 Å². The maximum atomic E-state index is 13.3. The molecule has 168 valence electrons. The Hall–Kier alpha value is -3.16. The number of hydrogen-bond donors (Lipinski definition) is 0. The van der Waals surface area contributed by atoms with Gasteiger partial charge in [0.05, 0.1) is 21.3 Å². The number of aryl methyl sites for hydroxylation is 1. The SMILES string of the molecule is CCc1c(C)cnc(OC)c1N(C)C(=O)N1CCN(c2cc(OC)cc(OC)c2)CC1. The number of urea groups is 1. The highest BCUT2D eigenvalue weighted by Crippen LogP contribution is 2.33. The fourth-order valence-corrected chi connectivity index (χ4v) is 3.99. The van der Waals surface area contributed by atoms with E-state index in [-0.39, 0.29) is 6.03 Å². The van der Waals surface area contributed by atoms with Gasteiger partial charge in [-0.2, -0.15) is 0 Å². The second kappa shape index (κ2) is 9.76. The molecule has 2 amide bonds. The zero-order chi connectivity index (χ0) is 22.5. The molecule has 1 aliphatic rings. The Morgan fingerprint density at radius 3 is 2.16 bits per heavy atom. The predicted octanol–water partition coefficient (Wildman–Crippen LogP) is 3.36. The van der Waals surface area contributed by atoms with Crippen LogP contribution in [0, 0.1) is 6.92 Å². The van der Waals surface area contributed by atoms with Crippen LogP contribution in [-0.2, 0) is 6.42 Å². The number of piperazine rings is 1. The molecule has 3 rings (SSSR count). The van der Waals surface area contributed by atoms with Crippen molar-refractivity contribution in [2.75, 3.05) is 64.4 Å². The fraction of sp³-hybridized carbons (Fsp3) is 0.478. The van der Waals surface area contributed by atoms with Crippen molar-refractivity contribution in [1.29, 1.82) is 0 Å². The molecule has 1 aromatic carbocycles. The summed E-state index contributed by atoms with van der Waals surface area (Å²) in [4.78, 5) is 23.4. The number of nitrogens with zero attached hydrogens (tertiary/aromatic N) is 4. The van der Waals surface area contributed by atoms with Gasteiger partial charge in [0.1, 0.15) is 17.2 Å². The second-order valence-electron chi connectivity index (χ2n) is 7.52. The highest BCUT2D eigenvalue weighted by atomic mass is 16.5. The van der Waals surface area contributed by atoms with E-state index in [1.54, 1.807) is 39.5 Å². The Bertz CT molecular complexity index is 904. The van der Waals surface area contributed by atoms with Crippen LogP contribution in [0.5, 0.6) is 17.4 Å². The Morgan fingerprint density at radius 1 is 1.03 bits per heavy atom. The van der Waals surface area contributed by atoms with Gasteiger partial charge < -0.3 is 24.0 Å². The molecule has 8 nitrogen and oxygen atoms in total. The molecule has 1 aromatic heterocycles. The number of aromatic nitrogens is 1. The van der Waals surface area contributed by atoms with Crippen LogP contribution < -0.4 is 24.0 Å². The number of ether oxygens (including phenoxy) is 3.